The smallest absolute Gasteiger partial charge is 0.106 e. The number of hydrogen-bond donors (Lipinski definition) is 1. The Balaban J connectivity index is 2.36. The van der Waals surface area contributed by atoms with Crippen molar-refractivity contribution < 1.29 is 5.21 Å². The highest BCUT2D eigenvalue weighted by Crippen LogP contribution is 2.42. The van der Waals surface area contributed by atoms with Crippen LogP contribution in [0, 0.1) is 0 Å². The van der Waals surface area contributed by atoms with Crippen molar-refractivity contribution in [1.82, 2.24) is 0 Å². The molecule has 1 aliphatic heterocycles. The zero-order valence-electron chi connectivity index (χ0n) is 10.0. The van der Waals surface area contributed by atoms with Gasteiger partial charge in [0.1, 0.15) is 5.37 Å². The summed E-state index contributed by atoms with van der Waals surface area (Å²) in [6, 6.07) is 6.39. The molecule has 0 saturated heterocycles. The molecule has 87 valence electrons. The van der Waals surface area contributed by atoms with Gasteiger partial charge in [0.2, 0.25) is 0 Å². The maximum Gasteiger partial charge on any atom is 0.106 e. The van der Waals surface area contributed by atoms with Crippen molar-refractivity contribution >= 4 is 31.4 Å². The standard InChI is InChI=1S/C12H18NOSSi/c1-4-6-11-13(14)12-9(15-11)7-5-8-10(12)16(2)3/h5,7-8,11,14H,4,6H2,1-3H3. The van der Waals surface area contributed by atoms with E-state index in [9.17, 15) is 5.21 Å². The van der Waals surface area contributed by atoms with Crippen molar-refractivity contribution in [2.24, 2.45) is 0 Å². The molecule has 1 radical (unpaired) electrons. The van der Waals surface area contributed by atoms with E-state index in [0.29, 0.717) is 0 Å². The normalized spacial score (nSPS) is 19.3. The summed E-state index contributed by atoms with van der Waals surface area (Å²) >= 11 is 1.79. The van der Waals surface area contributed by atoms with Crippen LogP contribution in [-0.4, -0.2) is 19.4 Å². The van der Waals surface area contributed by atoms with E-state index in [-0.39, 0.29) is 5.37 Å². The summed E-state index contributed by atoms with van der Waals surface area (Å²) < 4.78 is 0. The van der Waals surface area contributed by atoms with Crippen LogP contribution in [0.4, 0.5) is 5.69 Å². The molecule has 1 aliphatic rings. The fourth-order valence-electron chi connectivity index (χ4n) is 2.03. The van der Waals surface area contributed by atoms with Gasteiger partial charge in [-0.1, -0.05) is 50.3 Å². The fraction of sp³-hybridized carbons (Fsp3) is 0.500. The highest BCUT2D eigenvalue weighted by Gasteiger charge is 2.31. The average Bonchev–Trinajstić information content (AvgIpc) is 2.57. The number of fused-ring (bicyclic) bond motifs is 1. The van der Waals surface area contributed by atoms with Crippen molar-refractivity contribution in [3.63, 3.8) is 0 Å². The number of para-hydroxylation sites is 1. The second kappa shape index (κ2) is 4.81. The van der Waals surface area contributed by atoms with E-state index in [2.05, 4.69) is 38.2 Å². The molecule has 2 rings (SSSR count). The minimum absolute atomic E-state index is 0.211. The summed E-state index contributed by atoms with van der Waals surface area (Å²) in [5, 5.41) is 13.3. The monoisotopic (exact) mass is 252 g/mol. The zero-order chi connectivity index (χ0) is 11.7. The molecule has 4 heteroatoms. The third kappa shape index (κ3) is 2.01. The molecule has 1 unspecified atom stereocenters. The Bertz CT molecular complexity index is 383. The van der Waals surface area contributed by atoms with Crippen LogP contribution in [0.2, 0.25) is 13.1 Å². The van der Waals surface area contributed by atoms with Gasteiger partial charge in [0.25, 0.3) is 0 Å². The predicted molar refractivity (Wildman–Crippen MR) is 72.4 cm³/mol. The van der Waals surface area contributed by atoms with Crippen molar-refractivity contribution in [3.8, 4) is 0 Å². The average molecular weight is 252 g/mol. The molecule has 0 aliphatic carbocycles. The molecule has 1 N–H and O–H groups in total. The molecule has 0 bridgehead atoms. The summed E-state index contributed by atoms with van der Waals surface area (Å²) in [6.07, 6.45) is 2.14. The van der Waals surface area contributed by atoms with Gasteiger partial charge >= 0.3 is 0 Å². The van der Waals surface area contributed by atoms with Crippen LogP contribution in [-0.2, 0) is 0 Å². The van der Waals surface area contributed by atoms with Crippen molar-refractivity contribution in [3.05, 3.63) is 18.2 Å². The quantitative estimate of drug-likeness (QED) is 0.836. The second-order valence-electron chi connectivity index (χ2n) is 4.36. The first-order valence-electron chi connectivity index (χ1n) is 5.73. The van der Waals surface area contributed by atoms with Gasteiger partial charge < -0.3 is 0 Å². The van der Waals surface area contributed by atoms with Crippen LogP contribution in [0.3, 0.4) is 0 Å². The molecule has 0 amide bonds. The molecule has 1 aromatic carbocycles. The van der Waals surface area contributed by atoms with E-state index < -0.39 is 8.80 Å². The molecule has 0 saturated carbocycles. The van der Waals surface area contributed by atoms with Gasteiger partial charge in [-0.3, -0.25) is 5.21 Å². The lowest BCUT2D eigenvalue weighted by Crippen LogP contribution is -2.33. The van der Waals surface area contributed by atoms with Gasteiger partial charge in [0.15, 0.2) is 0 Å². The molecule has 1 aromatic rings. The Morgan fingerprint density at radius 2 is 2.19 bits per heavy atom. The van der Waals surface area contributed by atoms with Crippen LogP contribution in [0.1, 0.15) is 19.8 Å². The number of thioether (sulfide) groups is 1. The van der Waals surface area contributed by atoms with E-state index in [4.69, 9.17) is 0 Å². The number of rotatable bonds is 3. The highest BCUT2D eigenvalue weighted by atomic mass is 32.2. The van der Waals surface area contributed by atoms with Gasteiger partial charge in [-0.25, -0.2) is 5.06 Å². The van der Waals surface area contributed by atoms with Gasteiger partial charge in [-0.05, 0) is 17.7 Å². The highest BCUT2D eigenvalue weighted by molar-refractivity contribution is 8.00. The molecule has 16 heavy (non-hydrogen) atoms. The minimum Gasteiger partial charge on any atom is -0.287 e. The molecular formula is C12H18NOSSi. The van der Waals surface area contributed by atoms with Crippen molar-refractivity contribution in [1.29, 1.82) is 0 Å². The predicted octanol–water partition coefficient (Wildman–Crippen LogP) is 3.08. The van der Waals surface area contributed by atoms with Gasteiger partial charge in [-0.2, -0.15) is 0 Å². The summed E-state index contributed by atoms with van der Waals surface area (Å²) in [6.45, 7) is 6.70. The molecule has 2 nitrogen and oxygen atoms in total. The number of benzene rings is 1. The van der Waals surface area contributed by atoms with Crippen LogP contribution in [0.5, 0.6) is 0 Å². The van der Waals surface area contributed by atoms with Gasteiger partial charge in [-0.15, -0.1) is 0 Å². The Morgan fingerprint density at radius 3 is 2.81 bits per heavy atom. The van der Waals surface area contributed by atoms with E-state index in [1.165, 1.54) is 15.1 Å². The topological polar surface area (TPSA) is 23.5 Å². The van der Waals surface area contributed by atoms with E-state index in [1.807, 2.05) is 0 Å². The van der Waals surface area contributed by atoms with Crippen LogP contribution in [0.25, 0.3) is 0 Å². The maximum atomic E-state index is 10.2. The summed E-state index contributed by atoms with van der Waals surface area (Å²) in [4.78, 5) is 1.24. The SMILES string of the molecule is CCCC1Sc2cccc([Si](C)C)c2N1O. The van der Waals surface area contributed by atoms with E-state index >= 15 is 0 Å². The maximum absolute atomic E-state index is 10.2. The first-order chi connectivity index (χ1) is 7.65. The zero-order valence-corrected chi connectivity index (χ0v) is 11.8. The number of hydrogen-bond acceptors (Lipinski definition) is 3. The first-order valence-corrected chi connectivity index (χ1v) is 9.11. The lowest BCUT2D eigenvalue weighted by atomic mass is 10.3. The minimum atomic E-state index is -0.521. The Kier molecular flexibility index (Phi) is 3.62. The first kappa shape index (κ1) is 12.0. The summed E-state index contributed by atoms with van der Waals surface area (Å²) in [5.74, 6) is 0. The molecule has 0 spiro atoms. The van der Waals surface area contributed by atoms with Crippen molar-refractivity contribution in [2.45, 2.75) is 43.1 Å². The van der Waals surface area contributed by atoms with Crippen LogP contribution >= 0.6 is 11.8 Å². The lowest BCUT2D eigenvalue weighted by Gasteiger charge is -2.21. The summed E-state index contributed by atoms with van der Waals surface area (Å²) in [7, 11) is -0.521. The lowest BCUT2D eigenvalue weighted by molar-refractivity contribution is 0.244. The van der Waals surface area contributed by atoms with Crippen LogP contribution < -0.4 is 10.2 Å². The summed E-state index contributed by atoms with van der Waals surface area (Å²) in [5.41, 5.74) is 1.07. The van der Waals surface area contributed by atoms with Gasteiger partial charge in [0.05, 0.1) is 14.5 Å². The second-order valence-corrected chi connectivity index (χ2v) is 8.12. The number of anilines is 1. The van der Waals surface area contributed by atoms with Gasteiger partial charge in [0, 0.05) is 4.90 Å². The Morgan fingerprint density at radius 1 is 1.44 bits per heavy atom. The fourth-order valence-corrected chi connectivity index (χ4v) is 4.59. The molecule has 0 aromatic heterocycles. The molecular weight excluding hydrogens is 234 g/mol. The molecule has 0 fully saturated rings. The number of nitrogens with zero attached hydrogens (tertiary/aromatic N) is 1. The Labute approximate surface area is 103 Å². The van der Waals surface area contributed by atoms with E-state index in [1.54, 1.807) is 11.8 Å². The van der Waals surface area contributed by atoms with Crippen molar-refractivity contribution in [2.75, 3.05) is 5.06 Å². The molecule has 1 atom stereocenters. The molecule has 1 heterocycles. The number of hydroxylamine groups is 1. The largest absolute Gasteiger partial charge is 0.287 e. The van der Waals surface area contributed by atoms with E-state index in [0.717, 1.165) is 18.5 Å². The Hall–Kier alpha value is -0.453. The third-order valence-corrected chi connectivity index (χ3v) is 5.61. The third-order valence-electron chi connectivity index (χ3n) is 2.84. The van der Waals surface area contributed by atoms with Crippen LogP contribution in [0.15, 0.2) is 23.1 Å².